The van der Waals surface area contributed by atoms with E-state index >= 15 is 0 Å². The summed E-state index contributed by atoms with van der Waals surface area (Å²) in [5.41, 5.74) is 1.05. The predicted octanol–water partition coefficient (Wildman–Crippen LogP) is 4.72. The van der Waals surface area contributed by atoms with Gasteiger partial charge < -0.3 is 25.2 Å². The molecule has 0 spiro atoms. The Kier molecular flexibility index (Phi) is 10.4. The van der Waals surface area contributed by atoms with Crippen LogP contribution in [0.2, 0.25) is 0 Å². The zero-order valence-corrected chi connectivity index (χ0v) is 21.2. The highest BCUT2D eigenvalue weighted by atomic mass is 127. The number of thiophene rings is 1. The number of aliphatic imine (C=N–C) groups is 1. The first kappa shape index (κ1) is 25.2. The summed E-state index contributed by atoms with van der Waals surface area (Å²) in [5, 5.41) is 18.2. The van der Waals surface area contributed by atoms with E-state index in [9.17, 15) is 5.11 Å². The average Bonchev–Trinajstić information content (AvgIpc) is 3.22. The highest BCUT2D eigenvalue weighted by molar-refractivity contribution is 14.0. The minimum Gasteiger partial charge on any atom is -0.493 e. The van der Waals surface area contributed by atoms with E-state index in [2.05, 4.69) is 34.7 Å². The van der Waals surface area contributed by atoms with Gasteiger partial charge in [-0.3, -0.25) is 4.99 Å². The number of halogens is 1. The molecule has 3 rings (SSSR count). The summed E-state index contributed by atoms with van der Waals surface area (Å²) in [4.78, 5) is 5.18. The normalized spacial score (nSPS) is 12.2. The molecule has 1 heterocycles. The number of hydrogen-bond acceptors (Lipinski definition) is 5. The SMILES string of the molecule is CCCOc1ccc(CNC(=NC)NCC(O)c2cc3ccccc3s2)cc1OC.I. The van der Waals surface area contributed by atoms with Gasteiger partial charge in [0.05, 0.1) is 13.7 Å². The third-order valence-corrected chi connectivity index (χ3v) is 5.83. The van der Waals surface area contributed by atoms with E-state index in [4.69, 9.17) is 9.47 Å². The quantitative estimate of drug-likeness (QED) is 0.203. The number of benzene rings is 2. The topological polar surface area (TPSA) is 75.1 Å². The van der Waals surface area contributed by atoms with Crippen molar-refractivity contribution >= 4 is 51.4 Å². The van der Waals surface area contributed by atoms with E-state index in [1.165, 1.54) is 4.70 Å². The largest absolute Gasteiger partial charge is 0.493 e. The summed E-state index contributed by atoms with van der Waals surface area (Å²) in [6, 6.07) is 16.1. The second-order valence-corrected chi connectivity index (χ2v) is 7.96. The van der Waals surface area contributed by atoms with Crippen LogP contribution in [0.1, 0.15) is 29.9 Å². The van der Waals surface area contributed by atoms with Crippen LogP contribution in [-0.4, -0.2) is 38.4 Å². The first-order chi connectivity index (χ1) is 14.6. The maximum atomic E-state index is 10.6. The van der Waals surface area contributed by atoms with Gasteiger partial charge >= 0.3 is 0 Å². The van der Waals surface area contributed by atoms with Crippen molar-refractivity contribution in [2.75, 3.05) is 27.3 Å². The molecule has 3 aromatic rings. The zero-order valence-electron chi connectivity index (χ0n) is 18.1. The van der Waals surface area contributed by atoms with Crippen LogP contribution in [0.3, 0.4) is 0 Å². The molecule has 0 amide bonds. The molecule has 2 aromatic carbocycles. The first-order valence-electron chi connectivity index (χ1n) is 10.0. The van der Waals surface area contributed by atoms with Gasteiger partial charge in [0.1, 0.15) is 6.10 Å². The van der Waals surface area contributed by atoms with Crippen molar-refractivity contribution in [3.05, 3.63) is 59.0 Å². The fourth-order valence-electron chi connectivity index (χ4n) is 3.02. The maximum Gasteiger partial charge on any atom is 0.191 e. The van der Waals surface area contributed by atoms with Crippen molar-refractivity contribution < 1.29 is 14.6 Å². The van der Waals surface area contributed by atoms with E-state index in [0.29, 0.717) is 31.4 Å². The highest BCUT2D eigenvalue weighted by Gasteiger charge is 2.12. The number of fused-ring (bicyclic) bond motifs is 1. The second-order valence-electron chi connectivity index (χ2n) is 6.84. The van der Waals surface area contributed by atoms with Crippen molar-refractivity contribution in [1.29, 1.82) is 0 Å². The summed E-state index contributed by atoms with van der Waals surface area (Å²) < 4.78 is 12.3. The molecule has 3 N–H and O–H groups in total. The lowest BCUT2D eigenvalue weighted by Crippen LogP contribution is -2.38. The Balaban J connectivity index is 0.00000341. The number of hydrogen-bond donors (Lipinski definition) is 3. The fraction of sp³-hybridized carbons (Fsp3) is 0.348. The number of nitrogens with one attached hydrogen (secondary N) is 2. The van der Waals surface area contributed by atoms with Gasteiger partial charge in [0.15, 0.2) is 17.5 Å². The molecule has 1 atom stereocenters. The molecule has 0 radical (unpaired) electrons. The van der Waals surface area contributed by atoms with Gasteiger partial charge in [-0.2, -0.15) is 0 Å². The Hall–Kier alpha value is -2.04. The molecular weight excluding hydrogens is 525 g/mol. The van der Waals surface area contributed by atoms with Gasteiger partial charge in [-0.25, -0.2) is 0 Å². The van der Waals surface area contributed by atoms with Crippen molar-refractivity contribution in [3.63, 3.8) is 0 Å². The van der Waals surface area contributed by atoms with Gasteiger partial charge in [0.25, 0.3) is 0 Å². The lowest BCUT2D eigenvalue weighted by molar-refractivity contribution is 0.184. The van der Waals surface area contributed by atoms with Gasteiger partial charge in [-0.15, -0.1) is 35.3 Å². The number of aliphatic hydroxyl groups is 1. The lowest BCUT2D eigenvalue weighted by atomic mass is 10.2. The number of aliphatic hydroxyl groups excluding tert-OH is 1. The van der Waals surface area contributed by atoms with Crippen molar-refractivity contribution in [3.8, 4) is 11.5 Å². The van der Waals surface area contributed by atoms with Crippen LogP contribution in [-0.2, 0) is 6.54 Å². The molecule has 168 valence electrons. The lowest BCUT2D eigenvalue weighted by Gasteiger charge is -2.16. The standard InChI is InChI=1S/C23H29N3O3S.HI/c1-4-11-29-19-10-9-16(12-20(19)28-3)14-25-23(24-2)26-15-18(27)22-13-17-7-5-6-8-21(17)30-22;/h5-10,12-13,18,27H,4,11,14-15H2,1-3H3,(H2,24,25,26);1H. The highest BCUT2D eigenvalue weighted by Crippen LogP contribution is 2.30. The summed E-state index contributed by atoms with van der Waals surface area (Å²) in [6.45, 7) is 3.68. The zero-order chi connectivity index (χ0) is 21.3. The Morgan fingerprint density at radius 3 is 2.65 bits per heavy atom. The van der Waals surface area contributed by atoms with Crippen LogP contribution in [0.15, 0.2) is 53.5 Å². The van der Waals surface area contributed by atoms with Crippen LogP contribution in [0.25, 0.3) is 10.1 Å². The molecule has 0 aliphatic heterocycles. The third-order valence-electron chi connectivity index (χ3n) is 4.61. The van der Waals surface area contributed by atoms with E-state index in [-0.39, 0.29) is 24.0 Å². The molecule has 0 bridgehead atoms. The number of ether oxygens (including phenoxy) is 2. The van der Waals surface area contributed by atoms with Crippen LogP contribution in [0, 0.1) is 0 Å². The van der Waals surface area contributed by atoms with Crippen LogP contribution >= 0.6 is 35.3 Å². The first-order valence-corrected chi connectivity index (χ1v) is 10.9. The van der Waals surface area contributed by atoms with Crippen LogP contribution in [0.4, 0.5) is 0 Å². The van der Waals surface area contributed by atoms with Crippen molar-refractivity contribution in [1.82, 2.24) is 10.6 Å². The van der Waals surface area contributed by atoms with Gasteiger partial charge in [0.2, 0.25) is 0 Å². The molecule has 1 aromatic heterocycles. The summed E-state index contributed by atoms with van der Waals surface area (Å²) in [7, 11) is 3.35. The average molecular weight is 555 g/mol. The van der Waals surface area contributed by atoms with E-state index in [0.717, 1.165) is 28.0 Å². The van der Waals surface area contributed by atoms with Crippen molar-refractivity contribution in [2.24, 2.45) is 4.99 Å². The molecule has 0 fully saturated rings. The van der Waals surface area contributed by atoms with E-state index in [1.54, 1.807) is 25.5 Å². The third kappa shape index (κ3) is 6.98. The molecule has 0 saturated carbocycles. The number of guanidine groups is 1. The van der Waals surface area contributed by atoms with Gasteiger partial charge in [0, 0.05) is 29.7 Å². The molecular formula is C23H30IN3O3S. The number of rotatable bonds is 9. The Bertz CT molecular complexity index is 960. The number of nitrogens with zero attached hydrogens (tertiary/aromatic N) is 1. The monoisotopic (exact) mass is 555 g/mol. The van der Waals surface area contributed by atoms with Gasteiger partial charge in [-0.1, -0.05) is 31.2 Å². The molecule has 8 heteroatoms. The van der Waals surface area contributed by atoms with E-state index in [1.807, 2.05) is 36.4 Å². The number of methoxy groups -OCH3 is 1. The van der Waals surface area contributed by atoms with Crippen molar-refractivity contribution in [2.45, 2.75) is 26.0 Å². The smallest absolute Gasteiger partial charge is 0.191 e. The second kappa shape index (κ2) is 12.7. The molecule has 1 unspecified atom stereocenters. The summed E-state index contributed by atoms with van der Waals surface area (Å²) in [5.74, 6) is 2.09. The minimum absolute atomic E-state index is 0. The minimum atomic E-state index is -0.601. The van der Waals surface area contributed by atoms with Gasteiger partial charge in [-0.05, 0) is 41.6 Å². The van der Waals surface area contributed by atoms with Crippen LogP contribution in [0.5, 0.6) is 11.5 Å². The Morgan fingerprint density at radius 1 is 1.13 bits per heavy atom. The molecule has 0 saturated heterocycles. The molecule has 31 heavy (non-hydrogen) atoms. The molecule has 0 aliphatic rings. The summed E-state index contributed by atoms with van der Waals surface area (Å²) in [6.07, 6.45) is 0.345. The maximum absolute atomic E-state index is 10.6. The fourth-order valence-corrected chi connectivity index (χ4v) is 4.07. The van der Waals surface area contributed by atoms with Crippen LogP contribution < -0.4 is 20.1 Å². The molecule has 0 aliphatic carbocycles. The molecule has 6 nitrogen and oxygen atoms in total. The Labute approximate surface area is 204 Å². The Morgan fingerprint density at radius 2 is 1.94 bits per heavy atom. The summed E-state index contributed by atoms with van der Waals surface area (Å²) >= 11 is 1.61. The predicted molar refractivity (Wildman–Crippen MR) is 139 cm³/mol. The van der Waals surface area contributed by atoms with E-state index < -0.39 is 6.10 Å².